The summed E-state index contributed by atoms with van der Waals surface area (Å²) in [6, 6.07) is 10.3. The Balaban J connectivity index is 1.50. The normalized spacial score (nSPS) is 12.0. The van der Waals surface area contributed by atoms with E-state index in [0.29, 0.717) is 11.5 Å². The van der Waals surface area contributed by atoms with Crippen molar-refractivity contribution in [1.29, 1.82) is 0 Å². The van der Waals surface area contributed by atoms with Gasteiger partial charge in [0, 0.05) is 0 Å². The standard InChI is InChI=1S/C18H19IN7O/c1-18(2,3)12-8-13(26-27-12)19-10-4-6-11(7-5-10)23-16-14-15(22-9-21-14)24-17(20)25-16/h4-9H,1-3H3,(H4,20,21,22,23,24,25)/q-1. The Morgan fingerprint density at radius 1 is 1.15 bits per heavy atom. The van der Waals surface area contributed by atoms with Gasteiger partial charge in [0.25, 0.3) is 0 Å². The zero-order valence-corrected chi connectivity index (χ0v) is 17.3. The summed E-state index contributed by atoms with van der Waals surface area (Å²) in [7, 11) is 0. The molecule has 0 unspecified atom stereocenters. The first-order chi connectivity index (χ1) is 12.9. The summed E-state index contributed by atoms with van der Waals surface area (Å²) < 4.78 is 7.76. The van der Waals surface area contributed by atoms with E-state index in [0.717, 1.165) is 20.7 Å². The van der Waals surface area contributed by atoms with Crippen LogP contribution in [0.3, 0.4) is 0 Å². The van der Waals surface area contributed by atoms with Gasteiger partial charge in [-0.15, -0.1) is 0 Å². The second-order valence-electron chi connectivity index (χ2n) is 7.02. The van der Waals surface area contributed by atoms with E-state index in [1.54, 1.807) is 6.33 Å². The first-order valence-electron chi connectivity index (χ1n) is 8.34. The van der Waals surface area contributed by atoms with Crippen LogP contribution in [0.4, 0.5) is 17.5 Å². The van der Waals surface area contributed by atoms with Crippen LogP contribution >= 0.6 is 0 Å². The third-order valence-corrected chi connectivity index (χ3v) is 6.24. The van der Waals surface area contributed by atoms with Gasteiger partial charge < -0.3 is 0 Å². The predicted octanol–water partition coefficient (Wildman–Crippen LogP) is 0.0926. The third-order valence-electron chi connectivity index (χ3n) is 3.84. The summed E-state index contributed by atoms with van der Waals surface area (Å²) in [5.74, 6) is 1.70. The molecule has 27 heavy (non-hydrogen) atoms. The van der Waals surface area contributed by atoms with Crippen molar-refractivity contribution >= 4 is 28.6 Å². The number of benzene rings is 1. The number of anilines is 3. The molecule has 0 aliphatic rings. The molecular formula is C18H19IN7O-. The molecule has 0 aliphatic heterocycles. The van der Waals surface area contributed by atoms with Crippen LogP contribution in [0.25, 0.3) is 11.2 Å². The molecule has 4 aromatic rings. The quantitative estimate of drug-likeness (QED) is 0.358. The van der Waals surface area contributed by atoms with Crippen molar-refractivity contribution in [1.82, 2.24) is 25.1 Å². The fourth-order valence-electron chi connectivity index (χ4n) is 2.44. The number of rotatable bonds is 4. The van der Waals surface area contributed by atoms with E-state index in [1.165, 1.54) is 3.57 Å². The molecule has 0 bridgehead atoms. The van der Waals surface area contributed by atoms with Gasteiger partial charge in [0.2, 0.25) is 0 Å². The molecule has 3 aromatic heterocycles. The number of aromatic nitrogens is 5. The molecule has 0 aliphatic carbocycles. The van der Waals surface area contributed by atoms with Crippen LogP contribution in [0.15, 0.2) is 41.2 Å². The van der Waals surface area contributed by atoms with E-state index in [2.05, 4.69) is 69.4 Å². The molecule has 0 saturated heterocycles. The van der Waals surface area contributed by atoms with Crippen LogP contribution in [0.1, 0.15) is 26.5 Å². The number of hydrogen-bond acceptors (Lipinski definition) is 7. The molecule has 0 fully saturated rings. The summed E-state index contributed by atoms with van der Waals surface area (Å²) in [4.78, 5) is 15.5. The number of aromatic amines is 1. The molecular weight excluding hydrogens is 457 g/mol. The van der Waals surface area contributed by atoms with Crippen LogP contribution in [-0.2, 0) is 5.41 Å². The second kappa shape index (κ2) is 6.80. The molecule has 4 rings (SSSR count). The van der Waals surface area contributed by atoms with Crippen molar-refractivity contribution in [3.8, 4) is 0 Å². The van der Waals surface area contributed by atoms with E-state index in [4.69, 9.17) is 10.3 Å². The Kier molecular flexibility index (Phi) is 4.46. The number of nitrogens with zero attached hydrogens (tertiary/aromatic N) is 4. The Hall–Kier alpha value is -2.69. The zero-order chi connectivity index (χ0) is 19.0. The average molecular weight is 476 g/mol. The van der Waals surface area contributed by atoms with E-state index >= 15 is 0 Å². The van der Waals surface area contributed by atoms with Crippen molar-refractivity contribution in [3.63, 3.8) is 0 Å². The fraction of sp³-hybridized carbons (Fsp3) is 0.222. The summed E-state index contributed by atoms with van der Waals surface area (Å²) in [5.41, 5.74) is 7.89. The molecule has 0 amide bonds. The monoisotopic (exact) mass is 476 g/mol. The Morgan fingerprint density at radius 2 is 1.93 bits per heavy atom. The van der Waals surface area contributed by atoms with Crippen molar-refractivity contribution in [3.05, 3.63) is 49.7 Å². The van der Waals surface area contributed by atoms with Gasteiger partial charge >= 0.3 is 166 Å². The molecule has 3 heterocycles. The predicted molar refractivity (Wildman–Crippen MR) is 98.4 cm³/mol. The van der Waals surface area contributed by atoms with Crippen LogP contribution in [-0.4, -0.2) is 25.1 Å². The average Bonchev–Trinajstić information content (AvgIpc) is 3.25. The SMILES string of the molecule is CC(C)(C)c1cc([I-]c2ccc(Nc3nc(N)nc4nc[nH]c34)cc2)no1. The number of nitrogen functional groups attached to an aromatic ring is 1. The van der Waals surface area contributed by atoms with Gasteiger partial charge in [-0.3, -0.25) is 0 Å². The second-order valence-corrected chi connectivity index (χ2v) is 9.91. The van der Waals surface area contributed by atoms with Gasteiger partial charge in [-0.25, -0.2) is 0 Å². The number of nitrogens with one attached hydrogen (secondary N) is 2. The molecule has 9 heteroatoms. The minimum absolute atomic E-state index is 0.0276. The van der Waals surface area contributed by atoms with Crippen molar-refractivity contribution in [2.75, 3.05) is 11.1 Å². The summed E-state index contributed by atoms with van der Waals surface area (Å²) >= 11 is -0.393. The third kappa shape index (κ3) is 3.87. The van der Waals surface area contributed by atoms with Crippen LogP contribution in [0.5, 0.6) is 0 Å². The summed E-state index contributed by atoms with van der Waals surface area (Å²) in [5, 5.41) is 7.49. The number of hydrogen-bond donors (Lipinski definition) is 3. The van der Waals surface area contributed by atoms with Crippen molar-refractivity contribution in [2.24, 2.45) is 0 Å². The number of imidazole rings is 1. The van der Waals surface area contributed by atoms with E-state index < -0.39 is 21.2 Å². The van der Waals surface area contributed by atoms with Gasteiger partial charge in [0.15, 0.2) is 0 Å². The maximum atomic E-state index is 5.75. The van der Waals surface area contributed by atoms with Crippen molar-refractivity contribution < 1.29 is 25.7 Å². The van der Waals surface area contributed by atoms with Gasteiger partial charge in [-0.2, -0.15) is 0 Å². The van der Waals surface area contributed by atoms with Gasteiger partial charge in [0.1, 0.15) is 0 Å². The molecule has 8 nitrogen and oxygen atoms in total. The molecule has 0 saturated carbocycles. The first-order valence-corrected chi connectivity index (χ1v) is 10.5. The molecule has 0 radical (unpaired) electrons. The number of fused-ring (bicyclic) bond motifs is 1. The number of nitrogens with two attached hydrogens (primary N) is 1. The first kappa shape index (κ1) is 17.7. The molecule has 0 spiro atoms. The minimum atomic E-state index is -0.393. The van der Waals surface area contributed by atoms with Crippen LogP contribution in [0, 0.1) is 7.27 Å². The Labute approximate surface area is 166 Å². The number of H-pyrrole nitrogens is 1. The van der Waals surface area contributed by atoms with E-state index in [9.17, 15) is 0 Å². The van der Waals surface area contributed by atoms with Gasteiger partial charge in [0.05, 0.1) is 0 Å². The van der Waals surface area contributed by atoms with Crippen molar-refractivity contribution in [2.45, 2.75) is 26.2 Å². The molecule has 140 valence electrons. The van der Waals surface area contributed by atoms with Crippen LogP contribution < -0.4 is 32.3 Å². The Morgan fingerprint density at radius 3 is 2.63 bits per heavy atom. The van der Waals surface area contributed by atoms with Gasteiger partial charge in [-0.1, -0.05) is 0 Å². The van der Waals surface area contributed by atoms with Gasteiger partial charge in [-0.05, 0) is 0 Å². The number of halogens is 1. The summed E-state index contributed by atoms with van der Waals surface area (Å²) in [6.07, 6.45) is 1.57. The summed E-state index contributed by atoms with van der Waals surface area (Å²) in [6.45, 7) is 6.35. The zero-order valence-electron chi connectivity index (χ0n) is 15.1. The topological polar surface area (TPSA) is 119 Å². The van der Waals surface area contributed by atoms with Crippen LogP contribution in [0.2, 0.25) is 0 Å². The molecule has 0 atom stereocenters. The fourth-order valence-corrected chi connectivity index (χ4v) is 4.43. The van der Waals surface area contributed by atoms with E-state index in [-0.39, 0.29) is 11.4 Å². The molecule has 4 N–H and O–H groups in total. The maximum absolute atomic E-state index is 5.75. The molecule has 1 aromatic carbocycles. The Bertz CT molecular complexity index is 1080. The van der Waals surface area contributed by atoms with E-state index in [1.807, 2.05) is 12.1 Å².